The molecule has 29 heavy (non-hydrogen) atoms. The molecular weight excluding hydrogens is 466 g/mol. The van der Waals surface area contributed by atoms with Gasteiger partial charge in [-0.2, -0.15) is 5.10 Å². The summed E-state index contributed by atoms with van der Waals surface area (Å²) in [5.41, 5.74) is 1.05. The molecule has 5 nitrogen and oxygen atoms in total. The zero-order valence-electron chi connectivity index (χ0n) is 16.1. The number of nitrogens with one attached hydrogen (secondary N) is 2. The van der Waals surface area contributed by atoms with Gasteiger partial charge in [-0.15, -0.1) is 16.9 Å². The van der Waals surface area contributed by atoms with Crippen molar-refractivity contribution in [1.29, 1.82) is 0 Å². The number of halogens is 1. The first kappa shape index (κ1) is 20.4. The second-order valence-electron chi connectivity index (χ2n) is 6.96. The van der Waals surface area contributed by atoms with Crippen LogP contribution in [0.4, 0.5) is 11.5 Å². The lowest BCUT2D eigenvalue weighted by Gasteiger charge is -2.34. The molecule has 1 aliphatic rings. The lowest BCUT2D eigenvalue weighted by molar-refractivity contribution is 0.466. The van der Waals surface area contributed by atoms with Crippen LogP contribution >= 0.6 is 39.9 Å². The molecule has 150 valence electrons. The number of benzene rings is 2. The number of anilines is 2. The maximum absolute atomic E-state index is 5.55. The average molecular weight is 488 g/mol. The average Bonchev–Trinajstić information content (AvgIpc) is 2.74. The first-order valence-corrected chi connectivity index (χ1v) is 11.9. The largest absolute Gasteiger partial charge is 0.360 e. The van der Waals surface area contributed by atoms with Crippen LogP contribution in [-0.4, -0.2) is 40.7 Å². The minimum Gasteiger partial charge on any atom is -0.360 e. The Kier molecular flexibility index (Phi) is 6.52. The molecular formula is C21H22BrN5S2. The van der Waals surface area contributed by atoms with Crippen molar-refractivity contribution >= 4 is 67.3 Å². The Morgan fingerprint density at radius 3 is 2.79 bits per heavy atom. The molecule has 2 N–H and O–H groups in total. The molecule has 0 unspecified atom stereocenters. The van der Waals surface area contributed by atoms with E-state index < -0.39 is 0 Å². The Balaban J connectivity index is 1.37. The summed E-state index contributed by atoms with van der Waals surface area (Å²) in [6, 6.07) is 14.8. The number of thiocarbonyl (C=S) groups is 1. The van der Waals surface area contributed by atoms with Gasteiger partial charge in [-0.3, -0.25) is 0 Å². The highest BCUT2D eigenvalue weighted by Gasteiger charge is 2.22. The second kappa shape index (κ2) is 9.28. The van der Waals surface area contributed by atoms with E-state index in [1.54, 1.807) is 11.8 Å². The fourth-order valence-corrected chi connectivity index (χ4v) is 4.81. The van der Waals surface area contributed by atoms with Gasteiger partial charge >= 0.3 is 0 Å². The van der Waals surface area contributed by atoms with Crippen molar-refractivity contribution in [2.75, 3.05) is 29.6 Å². The normalized spacial score (nSPS) is 14.8. The van der Waals surface area contributed by atoms with Crippen LogP contribution in [0.1, 0.15) is 12.8 Å². The van der Waals surface area contributed by atoms with Crippen molar-refractivity contribution in [3.8, 4) is 0 Å². The van der Waals surface area contributed by atoms with E-state index in [2.05, 4.69) is 78.2 Å². The van der Waals surface area contributed by atoms with E-state index in [0.717, 1.165) is 52.7 Å². The Hall–Kier alpha value is -1.90. The molecule has 1 aromatic heterocycles. The number of nitrogens with zero attached hydrogens (tertiary/aromatic N) is 3. The number of rotatable bonds is 4. The van der Waals surface area contributed by atoms with Gasteiger partial charge in [0, 0.05) is 39.3 Å². The fraction of sp³-hybridized carbons (Fsp3) is 0.286. The first-order chi connectivity index (χ1) is 14.1. The molecule has 0 aliphatic carbocycles. The second-order valence-corrected chi connectivity index (χ2v) is 9.13. The van der Waals surface area contributed by atoms with Crippen LogP contribution in [0.15, 0.2) is 58.0 Å². The van der Waals surface area contributed by atoms with Gasteiger partial charge in [-0.25, -0.2) is 0 Å². The first-order valence-electron chi connectivity index (χ1n) is 9.50. The summed E-state index contributed by atoms with van der Waals surface area (Å²) in [5.74, 6) is 0.961. The summed E-state index contributed by atoms with van der Waals surface area (Å²) in [5, 5.41) is 18.4. The van der Waals surface area contributed by atoms with E-state index in [1.165, 1.54) is 4.90 Å². The van der Waals surface area contributed by atoms with E-state index in [1.807, 2.05) is 18.3 Å². The summed E-state index contributed by atoms with van der Waals surface area (Å²) in [6.45, 7) is 1.84. The van der Waals surface area contributed by atoms with Crippen LogP contribution in [0.25, 0.3) is 10.8 Å². The number of para-hydroxylation sites is 1. The van der Waals surface area contributed by atoms with Gasteiger partial charge in [-0.1, -0.05) is 28.1 Å². The van der Waals surface area contributed by atoms with Crippen LogP contribution in [0.3, 0.4) is 0 Å². The molecule has 0 spiro atoms. The Morgan fingerprint density at radius 2 is 2.00 bits per heavy atom. The van der Waals surface area contributed by atoms with Gasteiger partial charge in [0.25, 0.3) is 0 Å². The lowest BCUT2D eigenvalue weighted by Crippen LogP contribution is -2.46. The van der Waals surface area contributed by atoms with Crippen molar-refractivity contribution in [2.45, 2.75) is 23.8 Å². The molecule has 1 saturated heterocycles. The van der Waals surface area contributed by atoms with Crippen LogP contribution in [-0.2, 0) is 0 Å². The molecule has 0 amide bonds. The topological polar surface area (TPSA) is 53.1 Å². The minimum atomic E-state index is 0.352. The standard InChI is InChI=1S/C21H22BrN5S2/c1-29-19-5-3-2-4-18(19)25-21(28)24-16-8-10-27(11-9-16)20-17-7-6-15(22)12-14(17)13-23-26-20/h2-7,12-13,16H,8-11H2,1H3,(H2,24,25,28). The Bertz CT molecular complexity index is 1020. The summed E-state index contributed by atoms with van der Waals surface area (Å²) in [4.78, 5) is 3.51. The SMILES string of the molecule is CSc1ccccc1NC(=S)NC1CCN(c2nncc3cc(Br)ccc23)CC1. The summed E-state index contributed by atoms with van der Waals surface area (Å²) >= 11 is 10.8. The molecule has 0 atom stereocenters. The molecule has 4 rings (SSSR count). The number of hydrogen-bond acceptors (Lipinski definition) is 5. The van der Waals surface area contributed by atoms with Gasteiger partial charge in [0.1, 0.15) is 0 Å². The Labute approximate surface area is 188 Å². The highest BCUT2D eigenvalue weighted by atomic mass is 79.9. The fourth-order valence-electron chi connectivity index (χ4n) is 3.60. The predicted molar refractivity (Wildman–Crippen MR) is 130 cm³/mol. The van der Waals surface area contributed by atoms with Gasteiger partial charge in [0.2, 0.25) is 0 Å². The molecule has 0 saturated carbocycles. The zero-order chi connectivity index (χ0) is 20.2. The molecule has 1 fully saturated rings. The van der Waals surface area contributed by atoms with Crippen molar-refractivity contribution in [3.05, 3.63) is 53.1 Å². The van der Waals surface area contributed by atoms with E-state index >= 15 is 0 Å². The number of hydrogen-bond donors (Lipinski definition) is 2. The van der Waals surface area contributed by atoms with E-state index in [9.17, 15) is 0 Å². The predicted octanol–water partition coefficient (Wildman–Crippen LogP) is 5.07. The van der Waals surface area contributed by atoms with E-state index in [0.29, 0.717) is 11.2 Å². The summed E-state index contributed by atoms with van der Waals surface area (Å²) in [6.07, 6.45) is 5.89. The molecule has 3 aromatic rings. The molecule has 0 radical (unpaired) electrons. The van der Waals surface area contributed by atoms with Gasteiger partial charge in [0.15, 0.2) is 10.9 Å². The minimum absolute atomic E-state index is 0.352. The Morgan fingerprint density at radius 1 is 1.21 bits per heavy atom. The lowest BCUT2D eigenvalue weighted by atomic mass is 10.0. The molecule has 2 aromatic carbocycles. The third-order valence-electron chi connectivity index (χ3n) is 5.09. The van der Waals surface area contributed by atoms with Crippen molar-refractivity contribution < 1.29 is 0 Å². The summed E-state index contributed by atoms with van der Waals surface area (Å²) < 4.78 is 1.05. The third-order valence-corrected chi connectivity index (χ3v) is 6.60. The van der Waals surface area contributed by atoms with Crippen molar-refractivity contribution in [2.24, 2.45) is 0 Å². The van der Waals surface area contributed by atoms with Gasteiger partial charge in [0.05, 0.1) is 11.9 Å². The van der Waals surface area contributed by atoms with Crippen LogP contribution < -0.4 is 15.5 Å². The van der Waals surface area contributed by atoms with Gasteiger partial charge < -0.3 is 15.5 Å². The number of fused-ring (bicyclic) bond motifs is 1. The number of aromatic nitrogens is 2. The molecule has 1 aliphatic heterocycles. The monoisotopic (exact) mass is 487 g/mol. The maximum atomic E-state index is 5.55. The smallest absolute Gasteiger partial charge is 0.171 e. The zero-order valence-corrected chi connectivity index (χ0v) is 19.3. The van der Waals surface area contributed by atoms with E-state index in [4.69, 9.17) is 12.2 Å². The highest BCUT2D eigenvalue weighted by molar-refractivity contribution is 9.10. The molecule has 2 heterocycles. The highest BCUT2D eigenvalue weighted by Crippen LogP contribution is 2.28. The van der Waals surface area contributed by atoms with Gasteiger partial charge in [-0.05, 0) is 61.6 Å². The van der Waals surface area contributed by atoms with Crippen LogP contribution in [0, 0.1) is 0 Å². The maximum Gasteiger partial charge on any atom is 0.171 e. The van der Waals surface area contributed by atoms with Crippen LogP contribution in [0.5, 0.6) is 0 Å². The number of piperidine rings is 1. The molecule has 8 heteroatoms. The molecule has 0 bridgehead atoms. The number of thioether (sulfide) groups is 1. The third kappa shape index (κ3) is 4.82. The van der Waals surface area contributed by atoms with E-state index in [-0.39, 0.29) is 0 Å². The summed E-state index contributed by atoms with van der Waals surface area (Å²) in [7, 11) is 0. The van der Waals surface area contributed by atoms with Crippen molar-refractivity contribution in [3.63, 3.8) is 0 Å². The quantitative estimate of drug-likeness (QED) is 0.393. The van der Waals surface area contributed by atoms with Crippen molar-refractivity contribution in [1.82, 2.24) is 15.5 Å². The van der Waals surface area contributed by atoms with Crippen LogP contribution in [0.2, 0.25) is 0 Å².